The molecule has 2 aromatic rings. The van der Waals surface area contributed by atoms with Crippen molar-refractivity contribution in [3.05, 3.63) is 63.4 Å². The van der Waals surface area contributed by atoms with Crippen LogP contribution in [0, 0.1) is 13.8 Å². The molecule has 0 saturated carbocycles. The molecule has 1 atom stereocenters. The monoisotopic (exact) mass is 291 g/mol. The summed E-state index contributed by atoms with van der Waals surface area (Å²) >= 11 is 3.43. The summed E-state index contributed by atoms with van der Waals surface area (Å²) in [6, 6.07) is 7.83. The summed E-state index contributed by atoms with van der Waals surface area (Å²) in [5.74, 6) is 0. The van der Waals surface area contributed by atoms with E-state index in [0.29, 0.717) is 0 Å². The van der Waals surface area contributed by atoms with Gasteiger partial charge in [-0.05, 0) is 48.7 Å². The van der Waals surface area contributed by atoms with Gasteiger partial charge in [-0.3, -0.25) is 4.98 Å². The van der Waals surface area contributed by atoms with Crippen LogP contribution in [0.1, 0.15) is 28.4 Å². The number of aliphatic hydroxyl groups is 1. The molecule has 3 heteroatoms. The average molecular weight is 292 g/mol. The maximum Gasteiger partial charge on any atom is 0.106 e. The van der Waals surface area contributed by atoms with Crippen molar-refractivity contribution >= 4 is 15.9 Å². The molecule has 1 heterocycles. The SMILES string of the molecule is Cc1ccncc1C(O)c1cc(Br)ccc1C. The highest BCUT2D eigenvalue weighted by molar-refractivity contribution is 9.10. The number of nitrogens with zero attached hydrogens (tertiary/aromatic N) is 1. The van der Waals surface area contributed by atoms with E-state index in [4.69, 9.17) is 0 Å². The smallest absolute Gasteiger partial charge is 0.106 e. The molecule has 0 saturated heterocycles. The van der Waals surface area contributed by atoms with Crippen LogP contribution < -0.4 is 0 Å². The molecule has 1 aromatic heterocycles. The fourth-order valence-corrected chi connectivity index (χ4v) is 2.21. The fourth-order valence-electron chi connectivity index (χ4n) is 1.84. The van der Waals surface area contributed by atoms with Crippen molar-refractivity contribution < 1.29 is 5.11 Å². The first-order valence-electron chi connectivity index (χ1n) is 5.44. The highest BCUT2D eigenvalue weighted by Crippen LogP contribution is 2.28. The van der Waals surface area contributed by atoms with Gasteiger partial charge in [0, 0.05) is 22.4 Å². The maximum absolute atomic E-state index is 10.4. The Morgan fingerprint density at radius 1 is 1.12 bits per heavy atom. The van der Waals surface area contributed by atoms with Crippen molar-refractivity contribution in [2.45, 2.75) is 20.0 Å². The second kappa shape index (κ2) is 4.98. The third kappa shape index (κ3) is 2.56. The van der Waals surface area contributed by atoms with Crippen LogP contribution in [0.2, 0.25) is 0 Å². The van der Waals surface area contributed by atoms with Gasteiger partial charge in [0.15, 0.2) is 0 Å². The molecule has 0 aliphatic rings. The van der Waals surface area contributed by atoms with Crippen molar-refractivity contribution in [2.24, 2.45) is 0 Å². The molecule has 0 spiro atoms. The zero-order chi connectivity index (χ0) is 12.4. The maximum atomic E-state index is 10.4. The lowest BCUT2D eigenvalue weighted by Gasteiger charge is -2.16. The zero-order valence-corrected chi connectivity index (χ0v) is 11.4. The topological polar surface area (TPSA) is 33.1 Å². The lowest BCUT2D eigenvalue weighted by atomic mass is 9.96. The van der Waals surface area contributed by atoms with Crippen molar-refractivity contribution in [3.63, 3.8) is 0 Å². The van der Waals surface area contributed by atoms with Gasteiger partial charge in [0.25, 0.3) is 0 Å². The Morgan fingerprint density at radius 2 is 1.82 bits per heavy atom. The van der Waals surface area contributed by atoms with Gasteiger partial charge in [-0.25, -0.2) is 0 Å². The zero-order valence-electron chi connectivity index (χ0n) is 9.81. The molecule has 0 radical (unpaired) electrons. The van der Waals surface area contributed by atoms with E-state index in [0.717, 1.165) is 26.7 Å². The van der Waals surface area contributed by atoms with Gasteiger partial charge >= 0.3 is 0 Å². The van der Waals surface area contributed by atoms with Crippen LogP contribution in [-0.4, -0.2) is 10.1 Å². The lowest BCUT2D eigenvalue weighted by Crippen LogP contribution is -2.04. The summed E-state index contributed by atoms with van der Waals surface area (Å²) in [7, 11) is 0. The molecular formula is C14H14BrNO. The molecule has 88 valence electrons. The number of hydrogen-bond donors (Lipinski definition) is 1. The summed E-state index contributed by atoms with van der Waals surface area (Å²) in [5.41, 5.74) is 3.89. The largest absolute Gasteiger partial charge is 0.384 e. The minimum atomic E-state index is -0.624. The number of hydrogen-bond acceptors (Lipinski definition) is 2. The third-order valence-electron chi connectivity index (χ3n) is 2.91. The van der Waals surface area contributed by atoms with Crippen LogP contribution in [0.4, 0.5) is 0 Å². The summed E-state index contributed by atoms with van der Waals surface area (Å²) in [6.07, 6.45) is 2.83. The third-order valence-corrected chi connectivity index (χ3v) is 3.40. The number of aromatic nitrogens is 1. The number of pyridine rings is 1. The van der Waals surface area contributed by atoms with Crippen molar-refractivity contribution in [2.75, 3.05) is 0 Å². The molecule has 1 unspecified atom stereocenters. The standard InChI is InChI=1S/C14H14BrNO/c1-9-3-4-11(15)7-12(9)14(17)13-8-16-6-5-10(13)2/h3-8,14,17H,1-2H3. The molecule has 0 bridgehead atoms. The van der Waals surface area contributed by atoms with Crippen LogP contribution in [0.3, 0.4) is 0 Å². The summed E-state index contributed by atoms with van der Waals surface area (Å²) in [5, 5.41) is 10.4. The van der Waals surface area contributed by atoms with E-state index in [1.807, 2.05) is 38.1 Å². The highest BCUT2D eigenvalue weighted by Gasteiger charge is 2.15. The fraction of sp³-hybridized carbons (Fsp3) is 0.214. The molecule has 0 aliphatic heterocycles. The van der Waals surface area contributed by atoms with E-state index in [1.54, 1.807) is 12.4 Å². The first kappa shape index (κ1) is 12.3. The predicted octanol–water partition coefficient (Wildman–Crippen LogP) is 3.54. The highest BCUT2D eigenvalue weighted by atomic mass is 79.9. The Bertz CT molecular complexity index is 539. The lowest BCUT2D eigenvalue weighted by molar-refractivity contribution is 0.218. The number of aryl methyl sites for hydroxylation is 2. The van der Waals surface area contributed by atoms with Crippen LogP contribution in [0.15, 0.2) is 41.1 Å². The minimum Gasteiger partial charge on any atom is -0.384 e. The minimum absolute atomic E-state index is 0.624. The van der Waals surface area contributed by atoms with E-state index in [1.165, 1.54) is 0 Å². The Kier molecular flexibility index (Phi) is 3.60. The van der Waals surface area contributed by atoms with E-state index in [-0.39, 0.29) is 0 Å². The average Bonchev–Trinajstić information content (AvgIpc) is 2.32. The first-order chi connectivity index (χ1) is 8.09. The Balaban J connectivity index is 2.47. The van der Waals surface area contributed by atoms with Crippen molar-refractivity contribution in [3.8, 4) is 0 Å². The molecule has 1 aromatic carbocycles. The molecule has 2 nitrogen and oxygen atoms in total. The molecule has 0 aliphatic carbocycles. The number of halogens is 1. The summed E-state index contributed by atoms with van der Waals surface area (Å²) in [4.78, 5) is 4.07. The van der Waals surface area contributed by atoms with Crippen LogP contribution in [0.5, 0.6) is 0 Å². The first-order valence-corrected chi connectivity index (χ1v) is 6.23. The van der Waals surface area contributed by atoms with Gasteiger partial charge in [0.1, 0.15) is 6.10 Å². The van der Waals surface area contributed by atoms with Gasteiger partial charge in [0.05, 0.1) is 0 Å². The quantitative estimate of drug-likeness (QED) is 0.918. The van der Waals surface area contributed by atoms with E-state index in [2.05, 4.69) is 20.9 Å². The molecule has 0 amide bonds. The molecule has 17 heavy (non-hydrogen) atoms. The molecule has 2 rings (SSSR count). The Morgan fingerprint density at radius 3 is 2.53 bits per heavy atom. The van der Waals surface area contributed by atoms with E-state index < -0.39 is 6.10 Å². The van der Waals surface area contributed by atoms with Crippen LogP contribution >= 0.6 is 15.9 Å². The number of rotatable bonds is 2. The normalized spacial score (nSPS) is 12.5. The number of aliphatic hydroxyl groups excluding tert-OH is 1. The molecule has 0 fully saturated rings. The van der Waals surface area contributed by atoms with Crippen LogP contribution in [-0.2, 0) is 0 Å². The molecular weight excluding hydrogens is 278 g/mol. The second-order valence-electron chi connectivity index (χ2n) is 4.14. The van der Waals surface area contributed by atoms with E-state index in [9.17, 15) is 5.11 Å². The summed E-state index contributed by atoms with van der Waals surface area (Å²) in [6.45, 7) is 3.98. The second-order valence-corrected chi connectivity index (χ2v) is 5.05. The predicted molar refractivity (Wildman–Crippen MR) is 71.9 cm³/mol. The van der Waals surface area contributed by atoms with Gasteiger partial charge < -0.3 is 5.11 Å². The van der Waals surface area contributed by atoms with Gasteiger partial charge in [-0.1, -0.05) is 22.0 Å². The summed E-state index contributed by atoms with van der Waals surface area (Å²) < 4.78 is 0.971. The molecule has 1 N–H and O–H groups in total. The van der Waals surface area contributed by atoms with Crippen molar-refractivity contribution in [1.29, 1.82) is 0 Å². The van der Waals surface area contributed by atoms with Crippen LogP contribution in [0.25, 0.3) is 0 Å². The Hall–Kier alpha value is -1.19. The number of benzene rings is 1. The van der Waals surface area contributed by atoms with Crippen molar-refractivity contribution in [1.82, 2.24) is 4.98 Å². The Labute approximate surface area is 109 Å². The van der Waals surface area contributed by atoms with Gasteiger partial charge in [0.2, 0.25) is 0 Å². The van der Waals surface area contributed by atoms with Gasteiger partial charge in [-0.15, -0.1) is 0 Å². The van der Waals surface area contributed by atoms with Gasteiger partial charge in [-0.2, -0.15) is 0 Å². The van der Waals surface area contributed by atoms with E-state index >= 15 is 0 Å².